The Bertz CT molecular complexity index is 462. The van der Waals surface area contributed by atoms with Gasteiger partial charge in [-0.2, -0.15) is 0 Å². The summed E-state index contributed by atoms with van der Waals surface area (Å²) in [5.74, 6) is 0.676. The molecule has 0 bridgehead atoms. The van der Waals surface area contributed by atoms with Crippen LogP contribution in [0.25, 0.3) is 0 Å². The molecule has 1 aromatic carbocycles. The molecule has 0 aromatic heterocycles. The van der Waals surface area contributed by atoms with Gasteiger partial charge in [-0.15, -0.1) is 0 Å². The fourth-order valence-corrected chi connectivity index (χ4v) is 2.41. The van der Waals surface area contributed by atoms with E-state index in [2.05, 4.69) is 11.8 Å². The van der Waals surface area contributed by atoms with Crippen molar-refractivity contribution < 1.29 is 19.4 Å². The molecule has 0 aliphatic heterocycles. The van der Waals surface area contributed by atoms with Gasteiger partial charge in [-0.05, 0) is 37.6 Å². The summed E-state index contributed by atoms with van der Waals surface area (Å²) in [6.45, 7) is 5.57. The van der Waals surface area contributed by atoms with Gasteiger partial charge in [-0.3, -0.25) is 4.79 Å². The van der Waals surface area contributed by atoms with Crippen molar-refractivity contribution in [1.29, 1.82) is 0 Å². The van der Waals surface area contributed by atoms with Crippen LogP contribution in [0.2, 0.25) is 0 Å². The third-order valence-corrected chi connectivity index (χ3v) is 3.62. The zero-order chi connectivity index (χ0) is 15.8. The first-order valence-electron chi connectivity index (χ1n) is 7.18. The van der Waals surface area contributed by atoms with Gasteiger partial charge in [-0.25, -0.2) is 0 Å². The van der Waals surface area contributed by atoms with Crippen LogP contribution in [0.3, 0.4) is 0 Å². The number of carbonyl (C=O) groups is 1. The fraction of sp³-hybridized carbons (Fsp3) is 0.562. The SMILES string of the molecule is CCN(CCC(=O)O)C(C)Cc1ccc(OC)c(OC)c1. The first kappa shape index (κ1) is 17.3. The monoisotopic (exact) mass is 295 g/mol. The van der Waals surface area contributed by atoms with Crippen LogP contribution in [0.15, 0.2) is 18.2 Å². The predicted octanol–water partition coefficient (Wildman–Crippen LogP) is 2.43. The van der Waals surface area contributed by atoms with E-state index in [-0.39, 0.29) is 12.5 Å². The molecule has 1 N–H and O–H groups in total. The Kier molecular flexibility index (Phi) is 7.02. The lowest BCUT2D eigenvalue weighted by molar-refractivity contribution is -0.137. The Labute approximate surface area is 126 Å². The number of ether oxygens (including phenoxy) is 2. The van der Waals surface area contributed by atoms with Crippen molar-refractivity contribution in [3.63, 3.8) is 0 Å². The quantitative estimate of drug-likeness (QED) is 0.758. The van der Waals surface area contributed by atoms with Gasteiger partial charge in [0.05, 0.1) is 20.6 Å². The highest BCUT2D eigenvalue weighted by molar-refractivity contribution is 5.66. The maximum atomic E-state index is 10.7. The number of methoxy groups -OCH3 is 2. The molecular weight excluding hydrogens is 270 g/mol. The van der Waals surface area contributed by atoms with Crippen LogP contribution < -0.4 is 9.47 Å². The van der Waals surface area contributed by atoms with E-state index in [0.29, 0.717) is 12.3 Å². The lowest BCUT2D eigenvalue weighted by Crippen LogP contribution is -2.36. The van der Waals surface area contributed by atoms with E-state index in [1.54, 1.807) is 14.2 Å². The normalized spacial score (nSPS) is 12.2. The highest BCUT2D eigenvalue weighted by Gasteiger charge is 2.15. The van der Waals surface area contributed by atoms with Crippen LogP contribution >= 0.6 is 0 Å². The summed E-state index contributed by atoms with van der Waals surface area (Å²) >= 11 is 0. The van der Waals surface area contributed by atoms with Gasteiger partial charge in [0.1, 0.15) is 0 Å². The van der Waals surface area contributed by atoms with Crippen LogP contribution in [0.1, 0.15) is 25.8 Å². The van der Waals surface area contributed by atoms with Crippen LogP contribution in [-0.2, 0) is 11.2 Å². The predicted molar refractivity (Wildman–Crippen MR) is 82.2 cm³/mol. The Balaban J connectivity index is 2.72. The summed E-state index contributed by atoms with van der Waals surface area (Å²) in [6.07, 6.45) is 1.01. The Morgan fingerprint density at radius 2 is 1.95 bits per heavy atom. The molecule has 0 saturated carbocycles. The number of aliphatic carboxylic acids is 1. The largest absolute Gasteiger partial charge is 0.493 e. The molecule has 0 radical (unpaired) electrons. The van der Waals surface area contributed by atoms with Crippen LogP contribution in [0, 0.1) is 0 Å². The summed E-state index contributed by atoms with van der Waals surface area (Å²) in [4.78, 5) is 12.9. The van der Waals surface area contributed by atoms with Gasteiger partial charge >= 0.3 is 5.97 Å². The molecule has 5 heteroatoms. The standard InChI is InChI=1S/C16H25NO4/c1-5-17(9-8-16(18)19)12(2)10-13-6-7-14(20-3)15(11-13)21-4/h6-7,11-12H,5,8-10H2,1-4H3,(H,18,19). The molecule has 0 saturated heterocycles. The average Bonchev–Trinajstić information content (AvgIpc) is 2.47. The summed E-state index contributed by atoms with van der Waals surface area (Å²) in [6, 6.07) is 6.16. The molecule has 21 heavy (non-hydrogen) atoms. The summed E-state index contributed by atoms with van der Waals surface area (Å²) in [7, 11) is 3.24. The first-order valence-corrected chi connectivity index (χ1v) is 7.18. The highest BCUT2D eigenvalue weighted by Crippen LogP contribution is 2.28. The molecule has 0 amide bonds. The van der Waals surface area contributed by atoms with Gasteiger partial charge in [0.2, 0.25) is 0 Å². The molecule has 0 heterocycles. The Morgan fingerprint density at radius 3 is 2.48 bits per heavy atom. The van der Waals surface area contributed by atoms with Crippen molar-refractivity contribution in [2.24, 2.45) is 0 Å². The van der Waals surface area contributed by atoms with Gasteiger partial charge in [0, 0.05) is 12.6 Å². The van der Waals surface area contributed by atoms with Crippen LogP contribution in [0.5, 0.6) is 11.5 Å². The van der Waals surface area contributed by atoms with Gasteiger partial charge in [0.25, 0.3) is 0 Å². The van der Waals surface area contributed by atoms with E-state index < -0.39 is 5.97 Å². The average molecular weight is 295 g/mol. The molecule has 1 aromatic rings. The Morgan fingerprint density at radius 1 is 1.29 bits per heavy atom. The molecule has 1 atom stereocenters. The number of nitrogens with zero attached hydrogens (tertiary/aromatic N) is 1. The third kappa shape index (κ3) is 5.27. The van der Waals surface area contributed by atoms with Crippen molar-refractivity contribution in [3.8, 4) is 11.5 Å². The minimum atomic E-state index is -0.758. The van der Waals surface area contributed by atoms with Crippen molar-refractivity contribution >= 4 is 5.97 Å². The van der Waals surface area contributed by atoms with Gasteiger partial charge in [0.15, 0.2) is 11.5 Å². The van der Waals surface area contributed by atoms with Crippen molar-refractivity contribution in [3.05, 3.63) is 23.8 Å². The molecule has 5 nitrogen and oxygen atoms in total. The van der Waals surface area contributed by atoms with Crippen molar-refractivity contribution in [2.75, 3.05) is 27.3 Å². The lowest BCUT2D eigenvalue weighted by Gasteiger charge is -2.27. The topological polar surface area (TPSA) is 59.0 Å². The maximum absolute atomic E-state index is 10.7. The Hall–Kier alpha value is -1.75. The van der Waals surface area contributed by atoms with E-state index in [1.165, 1.54) is 0 Å². The number of carboxylic acids is 1. The van der Waals surface area contributed by atoms with Crippen molar-refractivity contribution in [2.45, 2.75) is 32.7 Å². The summed E-state index contributed by atoms with van der Waals surface area (Å²) < 4.78 is 10.5. The zero-order valence-corrected chi connectivity index (χ0v) is 13.3. The van der Waals surface area contributed by atoms with E-state index in [1.807, 2.05) is 25.1 Å². The minimum Gasteiger partial charge on any atom is -0.493 e. The smallest absolute Gasteiger partial charge is 0.304 e. The van der Waals surface area contributed by atoms with E-state index in [9.17, 15) is 4.79 Å². The zero-order valence-electron chi connectivity index (χ0n) is 13.3. The summed E-state index contributed by atoms with van der Waals surface area (Å²) in [5, 5.41) is 8.80. The van der Waals surface area contributed by atoms with Crippen molar-refractivity contribution in [1.82, 2.24) is 4.90 Å². The van der Waals surface area contributed by atoms with Crippen LogP contribution in [-0.4, -0.2) is 49.3 Å². The molecule has 1 rings (SSSR count). The third-order valence-electron chi connectivity index (χ3n) is 3.62. The number of likely N-dealkylation sites (N-methyl/N-ethyl adjacent to an activating group) is 1. The number of carboxylic acid groups (broad SMARTS) is 1. The second-order valence-corrected chi connectivity index (χ2v) is 5.01. The second-order valence-electron chi connectivity index (χ2n) is 5.01. The molecule has 0 aliphatic carbocycles. The number of hydrogen-bond acceptors (Lipinski definition) is 4. The molecular formula is C16H25NO4. The second kappa shape index (κ2) is 8.52. The van der Waals surface area contributed by atoms with Gasteiger partial charge in [-0.1, -0.05) is 13.0 Å². The molecule has 0 fully saturated rings. The lowest BCUT2D eigenvalue weighted by atomic mass is 10.0. The minimum absolute atomic E-state index is 0.171. The maximum Gasteiger partial charge on any atom is 0.304 e. The highest BCUT2D eigenvalue weighted by atomic mass is 16.5. The van der Waals surface area contributed by atoms with Gasteiger partial charge < -0.3 is 19.5 Å². The molecule has 1 unspecified atom stereocenters. The first-order chi connectivity index (χ1) is 10.0. The van der Waals surface area contributed by atoms with E-state index >= 15 is 0 Å². The number of benzene rings is 1. The van der Waals surface area contributed by atoms with E-state index in [0.717, 1.165) is 24.3 Å². The molecule has 0 spiro atoms. The number of rotatable bonds is 9. The summed E-state index contributed by atoms with van der Waals surface area (Å²) in [5.41, 5.74) is 1.15. The van der Waals surface area contributed by atoms with Crippen LogP contribution in [0.4, 0.5) is 0 Å². The molecule has 0 aliphatic rings. The molecule has 118 valence electrons. The fourth-order valence-electron chi connectivity index (χ4n) is 2.41. The van der Waals surface area contributed by atoms with E-state index in [4.69, 9.17) is 14.6 Å². The number of hydrogen-bond donors (Lipinski definition) is 1.